The van der Waals surface area contributed by atoms with Crippen LogP contribution in [0, 0.1) is 11.8 Å². The summed E-state index contributed by atoms with van der Waals surface area (Å²) in [5, 5.41) is 7.84. The number of fused-ring (bicyclic) bond motifs is 2. The van der Waals surface area contributed by atoms with Gasteiger partial charge in [0, 0.05) is 31.0 Å². The molecule has 0 aliphatic carbocycles. The summed E-state index contributed by atoms with van der Waals surface area (Å²) in [6.45, 7) is 1.82. The van der Waals surface area contributed by atoms with Crippen LogP contribution in [0.25, 0.3) is 22.1 Å². The molecule has 1 atom stereocenters. The SMILES string of the molecule is CC(NC(=O)c1c(N)ncc2cccnc12)c1cc2ccc(C#Cc3cnn(C)c3)n2c(=O)n1-c1ccccc1. The van der Waals surface area contributed by atoms with Gasteiger partial charge in [-0.15, -0.1) is 0 Å². The van der Waals surface area contributed by atoms with Crippen molar-refractivity contribution in [3.05, 3.63) is 118 Å². The maximum absolute atomic E-state index is 14.0. The van der Waals surface area contributed by atoms with Gasteiger partial charge >= 0.3 is 5.69 Å². The zero-order valence-electron chi connectivity index (χ0n) is 21.7. The van der Waals surface area contributed by atoms with Crippen molar-refractivity contribution in [2.75, 3.05) is 5.73 Å². The van der Waals surface area contributed by atoms with Gasteiger partial charge < -0.3 is 11.1 Å². The fourth-order valence-electron chi connectivity index (χ4n) is 4.70. The Bertz CT molecular complexity index is 2030. The second-order valence-electron chi connectivity index (χ2n) is 9.31. The zero-order valence-corrected chi connectivity index (χ0v) is 21.7. The highest BCUT2D eigenvalue weighted by Crippen LogP contribution is 2.23. The number of nitrogens with two attached hydrogens (primary N) is 1. The van der Waals surface area contributed by atoms with Crippen LogP contribution >= 0.6 is 0 Å². The van der Waals surface area contributed by atoms with E-state index in [0.29, 0.717) is 33.5 Å². The topological polar surface area (TPSA) is 125 Å². The number of hydrogen-bond acceptors (Lipinski definition) is 6. The molecule has 5 heterocycles. The standard InChI is InChI=1S/C30H24N8O2/c1-19(35-29(39)26-27-21(7-6-14-32-27)17-33-28(26)31)25-15-24-13-12-23(11-10-20-16-34-36(2)18-20)37(24)30(40)38(25)22-8-4-3-5-9-22/h3-9,12-19H,1-2H3,(H2,31,33)(H,35,39). The Morgan fingerprint density at radius 2 is 1.85 bits per heavy atom. The number of pyridine rings is 2. The Balaban J connectivity index is 1.45. The number of aromatic nitrogens is 6. The maximum Gasteiger partial charge on any atom is 0.338 e. The Labute approximate surface area is 228 Å². The first-order valence-electron chi connectivity index (χ1n) is 12.5. The summed E-state index contributed by atoms with van der Waals surface area (Å²) >= 11 is 0. The molecule has 0 saturated carbocycles. The zero-order chi connectivity index (χ0) is 27.8. The van der Waals surface area contributed by atoms with E-state index in [1.54, 1.807) is 50.6 Å². The van der Waals surface area contributed by atoms with Gasteiger partial charge in [0.2, 0.25) is 0 Å². The van der Waals surface area contributed by atoms with Gasteiger partial charge in [0.25, 0.3) is 5.91 Å². The Morgan fingerprint density at radius 1 is 1.02 bits per heavy atom. The van der Waals surface area contributed by atoms with Crippen molar-refractivity contribution < 1.29 is 4.79 Å². The van der Waals surface area contributed by atoms with E-state index >= 15 is 0 Å². The maximum atomic E-state index is 14.0. The van der Waals surface area contributed by atoms with Crippen LogP contribution in [0.2, 0.25) is 0 Å². The van der Waals surface area contributed by atoms with Gasteiger partial charge in [0.15, 0.2) is 0 Å². The minimum absolute atomic E-state index is 0.0789. The van der Waals surface area contributed by atoms with Crippen molar-refractivity contribution >= 4 is 28.1 Å². The van der Waals surface area contributed by atoms with Gasteiger partial charge in [-0.2, -0.15) is 5.10 Å². The first-order chi connectivity index (χ1) is 19.4. The molecule has 0 aliphatic rings. The number of benzene rings is 1. The molecule has 0 spiro atoms. The lowest BCUT2D eigenvalue weighted by Crippen LogP contribution is -2.35. The lowest BCUT2D eigenvalue weighted by atomic mass is 10.1. The highest BCUT2D eigenvalue weighted by atomic mass is 16.2. The molecule has 1 amide bonds. The molecule has 0 saturated heterocycles. The summed E-state index contributed by atoms with van der Waals surface area (Å²) in [5.41, 5.74) is 9.61. The molecule has 5 aromatic heterocycles. The predicted molar refractivity (Wildman–Crippen MR) is 152 cm³/mol. The number of carbonyl (C=O) groups excluding carboxylic acids is 1. The van der Waals surface area contributed by atoms with Crippen LogP contribution in [0.15, 0.2) is 90.2 Å². The molecule has 1 unspecified atom stereocenters. The van der Waals surface area contributed by atoms with Crippen molar-refractivity contribution in [3.63, 3.8) is 0 Å². The van der Waals surface area contributed by atoms with Crippen molar-refractivity contribution in [2.45, 2.75) is 13.0 Å². The van der Waals surface area contributed by atoms with Crippen LogP contribution in [0.1, 0.15) is 40.3 Å². The van der Waals surface area contributed by atoms with Gasteiger partial charge in [0.1, 0.15) is 17.1 Å². The van der Waals surface area contributed by atoms with Crippen LogP contribution in [0.5, 0.6) is 0 Å². The van der Waals surface area contributed by atoms with E-state index in [-0.39, 0.29) is 17.1 Å². The molecule has 0 fully saturated rings. The Kier molecular flexibility index (Phi) is 6.09. The molecule has 0 radical (unpaired) electrons. The summed E-state index contributed by atoms with van der Waals surface area (Å²) in [7, 11) is 1.82. The van der Waals surface area contributed by atoms with E-state index in [4.69, 9.17) is 5.73 Å². The van der Waals surface area contributed by atoms with Crippen molar-refractivity contribution in [1.82, 2.24) is 34.0 Å². The predicted octanol–water partition coefficient (Wildman–Crippen LogP) is 3.24. The van der Waals surface area contributed by atoms with E-state index in [2.05, 4.69) is 32.2 Å². The molecule has 0 bridgehead atoms. The summed E-state index contributed by atoms with van der Waals surface area (Å²) in [5.74, 6) is 5.80. The first-order valence-corrected chi connectivity index (χ1v) is 12.5. The normalized spacial score (nSPS) is 11.8. The minimum atomic E-state index is -0.580. The van der Waals surface area contributed by atoms with Gasteiger partial charge in [0.05, 0.1) is 40.2 Å². The summed E-state index contributed by atoms with van der Waals surface area (Å²) in [4.78, 5) is 36.0. The average Bonchev–Trinajstić information content (AvgIpc) is 3.57. The number of nitrogens with one attached hydrogen (secondary N) is 1. The number of amides is 1. The lowest BCUT2D eigenvalue weighted by Gasteiger charge is -2.21. The summed E-state index contributed by atoms with van der Waals surface area (Å²) in [6, 6.07) is 17.8. The van der Waals surface area contributed by atoms with Gasteiger partial charge in [-0.1, -0.05) is 24.1 Å². The van der Waals surface area contributed by atoms with Crippen LogP contribution in [0.3, 0.4) is 0 Å². The molecule has 6 rings (SSSR count). The number of para-hydroxylation sites is 1. The van der Waals surface area contributed by atoms with Crippen LogP contribution in [0.4, 0.5) is 5.82 Å². The third-order valence-electron chi connectivity index (χ3n) is 6.59. The molecular formula is C30H24N8O2. The number of nitrogen functional groups attached to an aromatic ring is 1. The fraction of sp³-hybridized carbons (Fsp3) is 0.100. The molecule has 6 aromatic rings. The smallest absolute Gasteiger partial charge is 0.338 e. The molecule has 10 nitrogen and oxygen atoms in total. The molecular weight excluding hydrogens is 504 g/mol. The van der Waals surface area contributed by atoms with E-state index in [1.165, 1.54) is 0 Å². The average molecular weight is 529 g/mol. The largest absolute Gasteiger partial charge is 0.383 e. The number of carbonyl (C=O) groups is 1. The molecule has 40 heavy (non-hydrogen) atoms. The summed E-state index contributed by atoms with van der Waals surface area (Å²) < 4.78 is 4.81. The van der Waals surface area contributed by atoms with E-state index in [1.807, 2.05) is 62.5 Å². The molecule has 1 aromatic carbocycles. The van der Waals surface area contributed by atoms with Gasteiger partial charge in [-0.05, 0) is 55.3 Å². The van der Waals surface area contributed by atoms with E-state index < -0.39 is 11.9 Å². The van der Waals surface area contributed by atoms with Gasteiger partial charge in [-0.3, -0.25) is 23.4 Å². The molecule has 196 valence electrons. The fourth-order valence-corrected chi connectivity index (χ4v) is 4.70. The van der Waals surface area contributed by atoms with Crippen LogP contribution < -0.4 is 16.7 Å². The van der Waals surface area contributed by atoms with Crippen LogP contribution in [-0.2, 0) is 7.05 Å². The van der Waals surface area contributed by atoms with Crippen molar-refractivity contribution in [1.29, 1.82) is 0 Å². The highest BCUT2D eigenvalue weighted by Gasteiger charge is 2.22. The second kappa shape index (κ2) is 9.89. The number of rotatable bonds is 4. The van der Waals surface area contributed by atoms with Crippen LogP contribution in [-0.4, -0.2) is 34.6 Å². The monoisotopic (exact) mass is 528 g/mol. The number of nitrogens with zero attached hydrogens (tertiary/aromatic N) is 6. The lowest BCUT2D eigenvalue weighted by molar-refractivity contribution is 0.0940. The van der Waals surface area contributed by atoms with Gasteiger partial charge in [-0.25, -0.2) is 9.78 Å². The molecule has 10 heteroatoms. The molecule has 3 N–H and O–H groups in total. The second-order valence-corrected chi connectivity index (χ2v) is 9.31. The highest BCUT2D eigenvalue weighted by molar-refractivity contribution is 6.09. The van der Waals surface area contributed by atoms with Crippen molar-refractivity contribution in [3.8, 4) is 17.5 Å². The van der Waals surface area contributed by atoms with Crippen molar-refractivity contribution in [2.24, 2.45) is 7.05 Å². The van der Waals surface area contributed by atoms with E-state index in [9.17, 15) is 9.59 Å². The number of anilines is 1. The Hall–Kier alpha value is -5.69. The minimum Gasteiger partial charge on any atom is -0.383 e. The Morgan fingerprint density at radius 3 is 2.62 bits per heavy atom. The van der Waals surface area contributed by atoms with E-state index in [0.717, 1.165) is 5.56 Å². The summed E-state index contributed by atoms with van der Waals surface area (Å²) in [6.07, 6.45) is 6.66. The molecule has 0 aliphatic heterocycles. The first kappa shape index (κ1) is 24.6. The quantitative estimate of drug-likeness (QED) is 0.339. The number of hydrogen-bond donors (Lipinski definition) is 2. The number of aryl methyl sites for hydroxylation is 1. The third-order valence-corrected chi connectivity index (χ3v) is 6.59. The third kappa shape index (κ3) is 4.35.